The highest BCUT2D eigenvalue weighted by molar-refractivity contribution is 7.21. The van der Waals surface area contributed by atoms with Crippen molar-refractivity contribution in [2.75, 3.05) is 13.1 Å². The van der Waals surface area contributed by atoms with E-state index in [1.165, 1.54) is 22.6 Å². The fourth-order valence-corrected chi connectivity index (χ4v) is 6.12. The number of fused-ring (bicyclic) bond motifs is 2. The number of rotatable bonds is 3. The SMILES string of the molecule is Cc1c(-c2[nH]c3cc(C(=O)N4CCC(O)(C(F)(F)F)CC4)sc3c2C(C)C)cn2ncnc2c1C. The Bertz CT molecular complexity index is 1440. The third-order valence-corrected chi connectivity index (χ3v) is 8.25. The number of pyridine rings is 1. The fourth-order valence-electron chi connectivity index (χ4n) is 4.84. The molecule has 0 aromatic carbocycles. The van der Waals surface area contributed by atoms with Crippen molar-refractivity contribution in [3.8, 4) is 11.3 Å². The van der Waals surface area contributed by atoms with Crippen molar-refractivity contribution in [2.45, 2.75) is 58.2 Å². The monoisotopic (exact) mass is 505 g/mol. The third kappa shape index (κ3) is 3.72. The zero-order valence-electron chi connectivity index (χ0n) is 19.8. The molecule has 1 aliphatic heterocycles. The van der Waals surface area contributed by atoms with Crippen molar-refractivity contribution in [3.63, 3.8) is 0 Å². The average molecular weight is 506 g/mol. The number of nitrogens with one attached hydrogen (secondary N) is 1. The van der Waals surface area contributed by atoms with Crippen molar-refractivity contribution in [1.29, 1.82) is 0 Å². The van der Waals surface area contributed by atoms with Gasteiger partial charge in [0.25, 0.3) is 5.91 Å². The summed E-state index contributed by atoms with van der Waals surface area (Å²) in [7, 11) is 0. The number of likely N-dealkylation sites (tertiary alicyclic amines) is 1. The van der Waals surface area contributed by atoms with Gasteiger partial charge in [-0.25, -0.2) is 9.50 Å². The first-order valence-corrected chi connectivity index (χ1v) is 12.3. The number of nitrogens with zero attached hydrogens (tertiary/aromatic N) is 4. The molecule has 11 heteroatoms. The Morgan fingerprint density at radius 1 is 1.23 bits per heavy atom. The van der Waals surface area contributed by atoms with Crippen LogP contribution in [0.4, 0.5) is 13.2 Å². The highest BCUT2D eigenvalue weighted by Gasteiger charge is 2.55. The Morgan fingerprint density at radius 3 is 2.54 bits per heavy atom. The molecule has 1 saturated heterocycles. The molecule has 0 saturated carbocycles. The molecule has 0 bridgehead atoms. The summed E-state index contributed by atoms with van der Waals surface area (Å²) < 4.78 is 42.1. The summed E-state index contributed by atoms with van der Waals surface area (Å²) in [5.41, 5.74) is 4.06. The van der Waals surface area contributed by atoms with E-state index in [1.807, 2.05) is 20.0 Å². The molecule has 1 fully saturated rings. The minimum Gasteiger partial charge on any atom is -0.380 e. The predicted molar refractivity (Wildman–Crippen MR) is 128 cm³/mol. The lowest BCUT2D eigenvalue weighted by molar-refractivity contribution is -0.271. The zero-order valence-corrected chi connectivity index (χ0v) is 20.6. The Kier molecular flexibility index (Phi) is 5.48. The molecule has 5 heterocycles. The van der Waals surface area contributed by atoms with E-state index in [-0.39, 0.29) is 24.9 Å². The van der Waals surface area contributed by atoms with Crippen LogP contribution in [0.15, 0.2) is 18.6 Å². The van der Waals surface area contributed by atoms with Crippen molar-refractivity contribution in [2.24, 2.45) is 0 Å². The van der Waals surface area contributed by atoms with Crippen LogP contribution in [0, 0.1) is 13.8 Å². The number of aliphatic hydroxyl groups is 1. The van der Waals surface area contributed by atoms with Gasteiger partial charge in [-0.3, -0.25) is 4.79 Å². The van der Waals surface area contributed by atoms with E-state index in [9.17, 15) is 23.1 Å². The van der Waals surface area contributed by atoms with Crippen LogP contribution in [0.5, 0.6) is 0 Å². The quantitative estimate of drug-likeness (QED) is 0.400. The molecule has 0 spiro atoms. The number of hydrogen-bond acceptors (Lipinski definition) is 5. The lowest BCUT2D eigenvalue weighted by Crippen LogP contribution is -2.54. The number of piperidine rings is 1. The second-order valence-corrected chi connectivity index (χ2v) is 10.6. The molecular weight excluding hydrogens is 479 g/mol. The van der Waals surface area contributed by atoms with Crippen LogP contribution in [0.25, 0.3) is 27.1 Å². The van der Waals surface area contributed by atoms with Crippen LogP contribution in [0.3, 0.4) is 0 Å². The van der Waals surface area contributed by atoms with Crippen LogP contribution in [0.1, 0.15) is 59.0 Å². The van der Waals surface area contributed by atoms with Gasteiger partial charge in [-0.15, -0.1) is 11.3 Å². The molecular formula is C24H26F3N5O2S. The highest BCUT2D eigenvalue weighted by Crippen LogP contribution is 2.42. The van der Waals surface area contributed by atoms with Gasteiger partial charge in [-0.05, 0) is 42.5 Å². The number of carbonyl (C=O) groups is 1. The molecule has 4 aromatic heterocycles. The Labute approximate surface area is 203 Å². The van der Waals surface area contributed by atoms with E-state index in [4.69, 9.17) is 0 Å². The maximum absolute atomic E-state index is 13.1. The molecule has 0 atom stereocenters. The second kappa shape index (κ2) is 8.06. The molecule has 0 aliphatic carbocycles. The van der Waals surface area contributed by atoms with E-state index in [0.29, 0.717) is 4.88 Å². The predicted octanol–water partition coefficient (Wildman–Crippen LogP) is 5.21. The van der Waals surface area contributed by atoms with Gasteiger partial charge in [0.1, 0.15) is 6.33 Å². The van der Waals surface area contributed by atoms with E-state index in [2.05, 4.69) is 28.9 Å². The summed E-state index contributed by atoms with van der Waals surface area (Å²) in [5, 5.41) is 14.2. The fraction of sp³-hybridized carbons (Fsp3) is 0.458. The zero-order chi connectivity index (χ0) is 25.3. The van der Waals surface area contributed by atoms with Crippen LogP contribution in [0.2, 0.25) is 0 Å². The van der Waals surface area contributed by atoms with E-state index < -0.39 is 24.6 Å². The molecule has 0 radical (unpaired) electrons. The molecule has 0 unspecified atom stereocenters. The van der Waals surface area contributed by atoms with E-state index in [1.54, 1.807) is 10.6 Å². The molecule has 5 rings (SSSR count). The minimum atomic E-state index is -4.70. The normalized spacial score (nSPS) is 16.7. The standard InChI is InChI=1S/C24H26F3N5O2S/c1-12(2)18-19(15-10-32-21(28-11-29-32)14(4)13(15)3)30-16-9-17(35-20(16)18)22(33)31-7-5-23(34,6-8-31)24(25,26)27/h9-12,30,34H,5-8H2,1-4H3. The van der Waals surface area contributed by atoms with Gasteiger partial charge in [0.15, 0.2) is 11.2 Å². The van der Waals surface area contributed by atoms with Gasteiger partial charge in [0.05, 0.1) is 20.8 Å². The van der Waals surface area contributed by atoms with Crippen molar-refractivity contribution >= 4 is 33.1 Å². The number of halogens is 3. The summed E-state index contributed by atoms with van der Waals surface area (Å²) in [4.78, 5) is 22.8. The van der Waals surface area contributed by atoms with Gasteiger partial charge in [-0.1, -0.05) is 13.8 Å². The van der Waals surface area contributed by atoms with Crippen LogP contribution < -0.4 is 0 Å². The number of aromatic nitrogens is 4. The largest absolute Gasteiger partial charge is 0.417 e. The molecule has 2 N–H and O–H groups in total. The van der Waals surface area contributed by atoms with Gasteiger partial charge in [0.2, 0.25) is 0 Å². The number of alkyl halides is 3. The third-order valence-electron chi connectivity index (χ3n) is 7.10. The second-order valence-electron chi connectivity index (χ2n) is 9.56. The Hall–Kier alpha value is -2.92. The maximum Gasteiger partial charge on any atom is 0.417 e. The number of H-pyrrole nitrogens is 1. The maximum atomic E-state index is 13.1. The minimum absolute atomic E-state index is 0.140. The Morgan fingerprint density at radius 2 is 1.91 bits per heavy atom. The number of amides is 1. The first-order valence-electron chi connectivity index (χ1n) is 11.4. The first-order chi connectivity index (χ1) is 16.4. The lowest BCUT2D eigenvalue weighted by Gasteiger charge is -2.38. The van der Waals surface area contributed by atoms with Crippen molar-refractivity contribution in [1.82, 2.24) is 24.5 Å². The summed E-state index contributed by atoms with van der Waals surface area (Å²) in [6, 6.07) is 1.78. The van der Waals surface area contributed by atoms with Gasteiger partial charge in [0, 0.05) is 37.7 Å². The molecule has 1 amide bonds. The Balaban J connectivity index is 1.50. The molecule has 1 aliphatic rings. The average Bonchev–Trinajstić information content (AvgIpc) is 3.49. The van der Waals surface area contributed by atoms with E-state index in [0.717, 1.165) is 43.8 Å². The van der Waals surface area contributed by atoms with Crippen molar-refractivity contribution < 1.29 is 23.1 Å². The summed E-state index contributed by atoms with van der Waals surface area (Å²) in [6.45, 7) is 7.96. The van der Waals surface area contributed by atoms with E-state index >= 15 is 0 Å². The summed E-state index contributed by atoms with van der Waals surface area (Å²) >= 11 is 1.35. The van der Waals surface area contributed by atoms with Gasteiger partial charge < -0.3 is 15.0 Å². The van der Waals surface area contributed by atoms with Gasteiger partial charge in [-0.2, -0.15) is 18.3 Å². The molecule has 4 aromatic rings. The summed E-state index contributed by atoms with van der Waals surface area (Å²) in [5.74, 6) is -0.153. The topological polar surface area (TPSA) is 86.5 Å². The summed E-state index contributed by atoms with van der Waals surface area (Å²) in [6.07, 6.45) is -2.26. The number of hydrogen-bond donors (Lipinski definition) is 2. The lowest BCUT2D eigenvalue weighted by atomic mass is 9.91. The number of thiophene rings is 1. The first kappa shape index (κ1) is 23.8. The van der Waals surface area contributed by atoms with Crippen LogP contribution in [-0.2, 0) is 0 Å². The number of aryl methyl sites for hydroxylation is 1. The number of aromatic amines is 1. The van der Waals surface area contributed by atoms with Gasteiger partial charge >= 0.3 is 6.18 Å². The number of carbonyl (C=O) groups excluding carboxylic acids is 1. The van der Waals surface area contributed by atoms with Crippen LogP contribution >= 0.6 is 11.3 Å². The molecule has 7 nitrogen and oxygen atoms in total. The van der Waals surface area contributed by atoms with Crippen LogP contribution in [-0.4, -0.2) is 60.4 Å². The smallest absolute Gasteiger partial charge is 0.380 e. The molecule has 35 heavy (non-hydrogen) atoms. The highest BCUT2D eigenvalue weighted by atomic mass is 32.1. The molecule has 186 valence electrons. The van der Waals surface area contributed by atoms with Crippen molar-refractivity contribution in [3.05, 3.63) is 40.2 Å².